The van der Waals surface area contributed by atoms with Gasteiger partial charge >= 0.3 is 0 Å². The Labute approximate surface area is 129 Å². The maximum atomic E-state index is 12.3. The first-order chi connectivity index (χ1) is 9.97. The highest BCUT2D eigenvalue weighted by Gasteiger charge is 2.13. The Bertz CT molecular complexity index is 445. The van der Waals surface area contributed by atoms with Gasteiger partial charge in [-0.05, 0) is 44.6 Å². The van der Waals surface area contributed by atoms with Crippen molar-refractivity contribution in [3.63, 3.8) is 0 Å². The van der Waals surface area contributed by atoms with Gasteiger partial charge in [-0.25, -0.2) is 0 Å². The molecule has 4 nitrogen and oxygen atoms in total. The fraction of sp³-hybridized carbons (Fsp3) is 0.588. The van der Waals surface area contributed by atoms with Crippen LogP contribution in [0.4, 0.5) is 5.69 Å². The molecule has 1 aromatic rings. The summed E-state index contributed by atoms with van der Waals surface area (Å²) in [5.41, 5.74) is 1.75. The average Bonchev–Trinajstić information content (AvgIpc) is 2.46. The van der Waals surface area contributed by atoms with Crippen molar-refractivity contribution in [2.45, 2.75) is 33.2 Å². The Balaban J connectivity index is 2.61. The van der Waals surface area contributed by atoms with Gasteiger partial charge in [0.2, 0.25) is 0 Å². The number of likely N-dealkylation sites (N-methyl/N-ethyl adjacent to an activating group) is 1. The van der Waals surface area contributed by atoms with E-state index in [1.807, 2.05) is 43.3 Å². The lowest BCUT2D eigenvalue weighted by Crippen LogP contribution is -2.42. The molecule has 0 saturated heterocycles. The Hall–Kier alpha value is -1.55. The lowest BCUT2D eigenvalue weighted by Gasteiger charge is -2.24. The summed E-state index contributed by atoms with van der Waals surface area (Å²) in [6, 6.07) is 7.85. The highest BCUT2D eigenvalue weighted by Crippen LogP contribution is 2.13. The fourth-order valence-electron chi connectivity index (χ4n) is 2.36. The lowest BCUT2D eigenvalue weighted by atomic mass is 10.1. The number of carbonyl (C=O) groups excluding carboxylic acids is 1. The van der Waals surface area contributed by atoms with E-state index in [1.54, 1.807) is 0 Å². The van der Waals surface area contributed by atoms with Gasteiger partial charge in [-0.15, -0.1) is 0 Å². The second-order valence-electron chi connectivity index (χ2n) is 5.71. The van der Waals surface area contributed by atoms with Crippen molar-refractivity contribution in [1.29, 1.82) is 0 Å². The van der Waals surface area contributed by atoms with Gasteiger partial charge in [0.25, 0.3) is 5.91 Å². The zero-order valence-corrected chi connectivity index (χ0v) is 14.0. The van der Waals surface area contributed by atoms with Crippen LogP contribution in [0.5, 0.6) is 0 Å². The molecule has 0 aliphatic heterocycles. The van der Waals surface area contributed by atoms with Crippen LogP contribution in [0, 0.1) is 0 Å². The minimum atomic E-state index is -0.00116. The number of rotatable bonds is 8. The third-order valence-electron chi connectivity index (χ3n) is 3.52. The summed E-state index contributed by atoms with van der Waals surface area (Å²) < 4.78 is 0. The van der Waals surface area contributed by atoms with Crippen molar-refractivity contribution < 1.29 is 4.79 Å². The molecule has 1 atom stereocenters. The van der Waals surface area contributed by atoms with Crippen LogP contribution >= 0.6 is 0 Å². The van der Waals surface area contributed by atoms with Gasteiger partial charge in [-0.3, -0.25) is 4.79 Å². The largest absolute Gasteiger partial charge is 0.378 e. The molecule has 1 rings (SSSR count). The topological polar surface area (TPSA) is 35.6 Å². The first-order valence-electron chi connectivity index (χ1n) is 7.78. The molecule has 0 unspecified atom stereocenters. The van der Waals surface area contributed by atoms with Crippen LogP contribution < -0.4 is 10.2 Å². The van der Waals surface area contributed by atoms with E-state index in [0.29, 0.717) is 5.56 Å². The number of anilines is 1. The molecule has 21 heavy (non-hydrogen) atoms. The number of hydrogen-bond acceptors (Lipinski definition) is 3. The maximum absolute atomic E-state index is 12.3. The predicted molar refractivity (Wildman–Crippen MR) is 90.1 cm³/mol. The minimum Gasteiger partial charge on any atom is -0.378 e. The van der Waals surface area contributed by atoms with Gasteiger partial charge in [-0.2, -0.15) is 0 Å². The summed E-state index contributed by atoms with van der Waals surface area (Å²) in [6.45, 7) is 9.38. The van der Waals surface area contributed by atoms with Crippen molar-refractivity contribution in [1.82, 2.24) is 10.2 Å². The van der Waals surface area contributed by atoms with E-state index in [2.05, 4.69) is 31.0 Å². The molecule has 0 saturated carbocycles. The highest BCUT2D eigenvalue weighted by molar-refractivity contribution is 5.95. The first-order valence-corrected chi connectivity index (χ1v) is 7.78. The Morgan fingerprint density at radius 2 is 2.00 bits per heavy atom. The quantitative estimate of drug-likeness (QED) is 0.799. The molecule has 118 valence electrons. The molecule has 1 aromatic carbocycles. The van der Waals surface area contributed by atoms with Gasteiger partial charge in [-0.1, -0.05) is 19.9 Å². The summed E-state index contributed by atoms with van der Waals surface area (Å²) >= 11 is 0. The summed E-state index contributed by atoms with van der Waals surface area (Å²) in [4.78, 5) is 16.7. The minimum absolute atomic E-state index is 0.00116. The van der Waals surface area contributed by atoms with Crippen LogP contribution in [-0.2, 0) is 0 Å². The van der Waals surface area contributed by atoms with Crippen molar-refractivity contribution in [2.75, 3.05) is 38.6 Å². The van der Waals surface area contributed by atoms with E-state index in [0.717, 1.165) is 31.7 Å². The van der Waals surface area contributed by atoms with E-state index in [4.69, 9.17) is 0 Å². The SMILES string of the molecule is CCCN(CC)C[C@@H](C)NC(=O)c1cccc(N(C)C)c1. The molecule has 1 amide bonds. The lowest BCUT2D eigenvalue weighted by molar-refractivity contribution is 0.0929. The molecule has 0 aliphatic carbocycles. The highest BCUT2D eigenvalue weighted by atomic mass is 16.1. The van der Waals surface area contributed by atoms with Crippen LogP contribution in [0.15, 0.2) is 24.3 Å². The van der Waals surface area contributed by atoms with Crippen molar-refractivity contribution >= 4 is 11.6 Å². The van der Waals surface area contributed by atoms with Gasteiger partial charge in [0.15, 0.2) is 0 Å². The van der Waals surface area contributed by atoms with Gasteiger partial charge in [0.05, 0.1) is 0 Å². The normalized spacial score (nSPS) is 12.3. The Morgan fingerprint density at radius 1 is 1.29 bits per heavy atom. The summed E-state index contributed by atoms with van der Waals surface area (Å²) in [5.74, 6) is -0.00116. The molecular formula is C17H29N3O. The van der Waals surface area contributed by atoms with Gasteiger partial charge < -0.3 is 15.1 Å². The molecular weight excluding hydrogens is 262 g/mol. The third-order valence-corrected chi connectivity index (χ3v) is 3.52. The molecule has 0 spiro atoms. The summed E-state index contributed by atoms with van der Waals surface area (Å²) in [7, 11) is 3.95. The zero-order valence-electron chi connectivity index (χ0n) is 14.0. The zero-order chi connectivity index (χ0) is 15.8. The Kier molecular flexibility index (Phi) is 7.23. The second kappa shape index (κ2) is 8.67. The second-order valence-corrected chi connectivity index (χ2v) is 5.71. The van der Waals surface area contributed by atoms with Crippen LogP contribution in [0.1, 0.15) is 37.6 Å². The number of amides is 1. The van der Waals surface area contributed by atoms with Crippen molar-refractivity contribution in [3.8, 4) is 0 Å². The van der Waals surface area contributed by atoms with E-state index in [1.165, 1.54) is 0 Å². The van der Waals surface area contributed by atoms with E-state index < -0.39 is 0 Å². The van der Waals surface area contributed by atoms with Gasteiger partial charge in [0, 0.05) is 37.9 Å². The van der Waals surface area contributed by atoms with E-state index in [9.17, 15) is 4.79 Å². The van der Waals surface area contributed by atoms with Crippen LogP contribution in [0.2, 0.25) is 0 Å². The molecule has 0 aliphatic rings. The number of nitrogens with one attached hydrogen (secondary N) is 1. The van der Waals surface area contributed by atoms with Crippen molar-refractivity contribution in [3.05, 3.63) is 29.8 Å². The van der Waals surface area contributed by atoms with Crippen LogP contribution in [0.25, 0.3) is 0 Å². The van der Waals surface area contributed by atoms with Crippen LogP contribution in [0.3, 0.4) is 0 Å². The fourth-order valence-corrected chi connectivity index (χ4v) is 2.36. The number of hydrogen-bond donors (Lipinski definition) is 1. The molecule has 0 aromatic heterocycles. The smallest absolute Gasteiger partial charge is 0.251 e. The van der Waals surface area contributed by atoms with Crippen molar-refractivity contribution in [2.24, 2.45) is 0 Å². The van der Waals surface area contributed by atoms with E-state index >= 15 is 0 Å². The maximum Gasteiger partial charge on any atom is 0.251 e. The monoisotopic (exact) mass is 291 g/mol. The predicted octanol–water partition coefficient (Wildman–Crippen LogP) is 2.60. The first kappa shape index (κ1) is 17.5. The molecule has 0 heterocycles. The molecule has 0 fully saturated rings. The van der Waals surface area contributed by atoms with E-state index in [-0.39, 0.29) is 11.9 Å². The van der Waals surface area contributed by atoms with Crippen LogP contribution in [-0.4, -0.2) is 50.6 Å². The molecule has 0 bridgehead atoms. The number of nitrogens with zero attached hydrogens (tertiary/aromatic N) is 2. The summed E-state index contributed by atoms with van der Waals surface area (Å²) in [6.07, 6.45) is 1.14. The number of carbonyl (C=O) groups is 1. The molecule has 0 radical (unpaired) electrons. The number of benzene rings is 1. The standard InChI is InChI=1S/C17H29N3O/c1-6-11-20(7-2)13-14(3)18-17(21)15-9-8-10-16(12-15)19(4)5/h8-10,12,14H,6-7,11,13H2,1-5H3,(H,18,21)/t14-/m1/s1. The molecule has 1 N–H and O–H groups in total. The third kappa shape index (κ3) is 5.76. The van der Waals surface area contributed by atoms with Gasteiger partial charge in [0.1, 0.15) is 0 Å². The Morgan fingerprint density at radius 3 is 2.57 bits per heavy atom. The molecule has 4 heteroatoms. The summed E-state index contributed by atoms with van der Waals surface area (Å²) in [5, 5.41) is 3.09. The average molecular weight is 291 g/mol.